The first kappa shape index (κ1) is 19.7. The van der Waals surface area contributed by atoms with Crippen molar-refractivity contribution < 1.29 is 9.47 Å². The molecule has 6 nitrogen and oxygen atoms in total. The van der Waals surface area contributed by atoms with E-state index in [0.717, 1.165) is 11.3 Å². The highest BCUT2D eigenvalue weighted by Crippen LogP contribution is 2.36. The van der Waals surface area contributed by atoms with Gasteiger partial charge in [-0.1, -0.05) is 34.8 Å². The average Bonchev–Trinajstić information content (AvgIpc) is 2.99. The van der Waals surface area contributed by atoms with Crippen molar-refractivity contribution in [3.8, 4) is 11.5 Å². The zero-order valence-corrected chi connectivity index (χ0v) is 17.0. The second-order valence-corrected chi connectivity index (χ2v) is 6.90. The lowest BCUT2D eigenvalue weighted by Gasteiger charge is -2.09. The zero-order chi connectivity index (χ0) is 19.4. The smallest absolute Gasteiger partial charge is 0.216 e. The highest BCUT2D eigenvalue weighted by atomic mass is 35.5. The molecular weight excluding hydrogens is 431 g/mol. The predicted octanol–water partition coefficient (Wildman–Crippen LogP) is 5.37. The third-order valence-corrected chi connectivity index (χ3v) is 4.51. The Kier molecular flexibility index (Phi) is 6.38. The van der Waals surface area contributed by atoms with E-state index >= 15 is 0 Å². The van der Waals surface area contributed by atoms with Crippen LogP contribution in [0.2, 0.25) is 15.1 Å². The number of benzene rings is 2. The molecule has 10 heteroatoms. The number of rotatable bonds is 6. The van der Waals surface area contributed by atoms with Crippen LogP contribution >= 0.6 is 47.0 Å². The van der Waals surface area contributed by atoms with Gasteiger partial charge < -0.3 is 9.47 Å². The van der Waals surface area contributed by atoms with Gasteiger partial charge in [0.25, 0.3) is 0 Å². The minimum atomic E-state index is 0.0498. The van der Waals surface area contributed by atoms with E-state index in [0.29, 0.717) is 31.4 Å². The van der Waals surface area contributed by atoms with Gasteiger partial charge in [0.15, 0.2) is 11.6 Å². The van der Waals surface area contributed by atoms with E-state index in [2.05, 4.69) is 15.3 Å². The maximum Gasteiger partial charge on any atom is 0.216 e. The highest BCUT2D eigenvalue weighted by Gasteiger charge is 2.12. The van der Waals surface area contributed by atoms with Gasteiger partial charge in [0.1, 0.15) is 12.4 Å². The first-order chi connectivity index (χ1) is 13.0. The second kappa shape index (κ2) is 8.75. The van der Waals surface area contributed by atoms with Gasteiger partial charge in [-0.05, 0) is 54.2 Å². The Balaban J connectivity index is 1.78. The molecule has 0 fully saturated rings. The van der Waals surface area contributed by atoms with Gasteiger partial charge in [-0.25, -0.2) is 5.10 Å². The summed E-state index contributed by atoms with van der Waals surface area (Å²) >= 11 is 23.4. The number of methoxy groups -OCH3 is 1. The van der Waals surface area contributed by atoms with E-state index in [4.69, 9.17) is 56.5 Å². The van der Waals surface area contributed by atoms with Crippen molar-refractivity contribution in [2.75, 3.05) is 7.11 Å². The Labute approximate surface area is 175 Å². The van der Waals surface area contributed by atoms with Gasteiger partial charge >= 0.3 is 0 Å². The van der Waals surface area contributed by atoms with Crippen LogP contribution in [0.1, 0.15) is 11.4 Å². The van der Waals surface area contributed by atoms with Crippen molar-refractivity contribution in [3.63, 3.8) is 0 Å². The highest BCUT2D eigenvalue weighted by molar-refractivity contribution is 7.71. The predicted molar refractivity (Wildman–Crippen MR) is 109 cm³/mol. The molecule has 1 heterocycles. The van der Waals surface area contributed by atoms with Crippen LogP contribution in [0.5, 0.6) is 11.5 Å². The molecule has 0 unspecified atom stereocenters. The van der Waals surface area contributed by atoms with Crippen LogP contribution in [0.4, 0.5) is 0 Å². The maximum absolute atomic E-state index is 6.12. The van der Waals surface area contributed by atoms with Crippen molar-refractivity contribution in [1.29, 1.82) is 0 Å². The van der Waals surface area contributed by atoms with Crippen LogP contribution in [-0.2, 0) is 6.61 Å². The Morgan fingerprint density at radius 2 is 1.85 bits per heavy atom. The molecule has 1 aromatic heterocycles. The third-order valence-electron chi connectivity index (χ3n) is 3.46. The molecule has 27 heavy (non-hydrogen) atoms. The summed E-state index contributed by atoms with van der Waals surface area (Å²) in [6.45, 7) is 0.0498. The van der Waals surface area contributed by atoms with E-state index in [1.165, 1.54) is 4.68 Å². The third kappa shape index (κ3) is 4.81. The summed E-state index contributed by atoms with van der Waals surface area (Å²) in [5.74, 6) is 1.52. The van der Waals surface area contributed by atoms with E-state index in [9.17, 15) is 0 Å². The summed E-state index contributed by atoms with van der Waals surface area (Å²) in [5.41, 5.74) is 0.870. The molecule has 0 aliphatic rings. The maximum atomic E-state index is 6.12. The standard InChI is InChI=1S/C17H13Cl3N4O2S/c1-25-12-4-2-10(3-5-12)8-21-24-15(22-23-17(24)27)9-26-16-13(19)6-11(18)7-14(16)20/h2-8H,9H2,1H3,(H,23,27)/b21-8+. The van der Waals surface area contributed by atoms with Crippen LogP contribution in [0.25, 0.3) is 0 Å². The van der Waals surface area contributed by atoms with Crippen molar-refractivity contribution in [3.05, 3.63) is 67.6 Å². The van der Waals surface area contributed by atoms with Crippen molar-refractivity contribution in [1.82, 2.24) is 14.9 Å². The van der Waals surface area contributed by atoms with Crippen LogP contribution < -0.4 is 9.47 Å². The molecule has 3 aromatic rings. The molecule has 0 amide bonds. The number of nitrogens with one attached hydrogen (secondary N) is 1. The quantitative estimate of drug-likeness (QED) is 0.411. The molecule has 3 rings (SSSR count). The number of hydrogen-bond acceptors (Lipinski definition) is 5. The first-order valence-corrected chi connectivity index (χ1v) is 9.14. The SMILES string of the molecule is COc1ccc(/C=N/n2c(COc3c(Cl)cc(Cl)cc3Cl)n[nH]c2=S)cc1. The molecule has 0 aliphatic carbocycles. The molecule has 0 radical (unpaired) electrons. The van der Waals surface area contributed by atoms with Gasteiger partial charge in [-0.2, -0.15) is 14.9 Å². The number of nitrogens with zero attached hydrogens (tertiary/aromatic N) is 3. The fourth-order valence-corrected chi connectivity index (χ4v) is 3.28. The monoisotopic (exact) mass is 442 g/mol. The lowest BCUT2D eigenvalue weighted by molar-refractivity contribution is 0.291. The molecule has 0 saturated carbocycles. The van der Waals surface area contributed by atoms with Gasteiger partial charge in [0, 0.05) is 5.02 Å². The van der Waals surface area contributed by atoms with Crippen LogP contribution in [-0.4, -0.2) is 28.2 Å². The number of ether oxygens (including phenoxy) is 2. The number of H-pyrrole nitrogens is 1. The Morgan fingerprint density at radius 3 is 2.48 bits per heavy atom. The molecule has 0 bridgehead atoms. The molecular formula is C17H13Cl3N4O2S. The summed E-state index contributed by atoms with van der Waals surface area (Å²) in [6, 6.07) is 10.5. The minimum absolute atomic E-state index is 0.0498. The topological polar surface area (TPSA) is 64.4 Å². The number of halogens is 3. The molecule has 140 valence electrons. The van der Waals surface area contributed by atoms with Gasteiger partial charge in [0.05, 0.1) is 23.4 Å². The van der Waals surface area contributed by atoms with Crippen LogP contribution in [0.15, 0.2) is 41.5 Å². The van der Waals surface area contributed by atoms with Crippen molar-refractivity contribution >= 4 is 53.2 Å². The van der Waals surface area contributed by atoms with Gasteiger partial charge in [-0.15, -0.1) is 0 Å². The van der Waals surface area contributed by atoms with Gasteiger partial charge in [-0.3, -0.25) is 0 Å². The lowest BCUT2D eigenvalue weighted by atomic mass is 10.2. The van der Waals surface area contributed by atoms with E-state index in [-0.39, 0.29) is 6.61 Å². The van der Waals surface area contributed by atoms with Crippen molar-refractivity contribution in [2.45, 2.75) is 6.61 Å². The largest absolute Gasteiger partial charge is 0.497 e. The molecule has 1 N–H and O–H groups in total. The lowest BCUT2D eigenvalue weighted by Crippen LogP contribution is -2.05. The van der Waals surface area contributed by atoms with E-state index in [1.807, 2.05) is 24.3 Å². The minimum Gasteiger partial charge on any atom is -0.497 e. The fourth-order valence-electron chi connectivity index (χ4n) is 2.15. The Bertz CT molecular complexity index is 1010. The van der Waals surface area contributed by atoms with E-state index in [1.54, 1.807) is 25.5 Å². The van der Waals surface area contributed by atoms with Crippen LogP contribution in [0, 0.1) is 4.77 Å². The summed E-state index contributed by atoms with van der Waals surface area (Å²) < 4.78 is 12.6. The fraction of sp³-hybridized carbons (Fsp3) is 0.118. The normalized spacial score (nSPS) is 11.1. The van der Waals surface area contributed by atoms with E-state index < -0.39 is 0 Å². The number of aromatic nitrogens is 3. The summed E-state index contributed by atoms with van der Waals surface area (Å²) in [6.07, 6.45) is 1.65. The summed E-state index contributed by atoms with van der Waals surface area (Å²) in [7, 11) is 1.61. The number of hydrogen-bond donors (Lipinski definition) is 1. The van der Waals surface area contributed by atoms with Crippen LogP contribution in [0.3, 0.4) is 0 Å². The first-order valence-electron chi connectivity index (χ1n) is 7.60. The Morgan fingerprint density at radius 1 is 1.19 bits per heavy atom. The van der Waals surface area contributed by atoms with Crippen molar-refractivity contribution in [2.24, 2.45) is 5.10 Å². The molecule has 0 spiro atoms. The molecule has 2 aromatic carbocycles. The molecule has 0 atom stereocenters. The molecule has 0 aliphatic heterocycles. The van der Waals surface area contributed by atoms with Gasteiger partial charge in [0.2, 0.25) is 4.77 Å². The Hall–Kier alpha value is -2.06. The summed E-state index contributed by atoms with van der Waals surface area (Å²) in [5, 5.41) is 12.2. The number of aromatic amines is 1. The average molecular weight is 444 g/mol. The summed E-state index contributed by atoms with van der Waals surface area (Å²) in [4.78, 5) is 0. The second-order valence-electron chi connectivity index (χ2n) is 5.26. The zero-order valence-electron chi connectivity index (χ0n) is 13.9. The molecule has 0 saturated heterocycles.